The Balaban J connectivity index is 1.81. The fraction of sp³-hybridized carbons (Fsp3) is 0.350. The molecule has 0 heterocycles. The van der Waals surface area contributed by atoms with Crippen LogP contribution in [0.15, 0.2) is 48.5 Å². The highest BCUT2D eigenvalue weighted by atomic mass is 19.1. The van der Waals surface area contributed by atoms with Crippen LogP contribution in [0.3, 0.4) is 0 Å². The number of ether oxygens (including phenoxy) is 2. The van der Waals surface area contributed by atoms with E-state index >= 15 is 0 Å². The van der Waals surface area contributed by atoms with E-state index in [0.717, 1.165) is 0 Å². The molecule has 1 N–H and O–H groups in total. The number of methoxy groups -OCH3 is 1. The normalized spacial score (nSPS) is 12.0. The molecule has 2 aromatic rings. The van der Waals surface area contributed by atoms with Crippen LogP contribution in [0.5, 0.6) is 5.75 Å². The maximum absolute atomic E-state index is 13.3. The Morgan fingerprint density at radius 3 is 2.44 bits per heavy atom. The highest BCUT2D eigenvalue weighted by Crippen LogP contribution is 2.19. The van der Waals surface area contributed by atoms with Gasteiger partial charge >= 0.3 is 0 Å². The molecule has 4 nitrogen and oxygen atoms in total. The average molecular weight is 345 g/mol. The van der Waals surface area contributed by atoms with Crippen LogP contribution in [0.2, 0.25) is 0 Å². The molecule has 0 aromatic heterocycles. The Kier molecular flexibility index (Phi) is 6.95. The van der Waals surface area contributed by atoms with Gasteiger partial charge in [-0.25, -0.2) is 4.39 Å². The molecule has 0 saturated heterocycles. The summed E-state index contributed by atoms with van der Waals surface area (Å²) < 4.78 is 24.1. The Morgan fingerprint density at radius 1 is 1.12 bits per heavy atom. The van der Waals surface area contributed by atoms with E-state index in [-0.39, 0.29) is 24.9 Å². The molecule has 2 aromatic carbocycles. The van der Waals surface area contributed by atoms with Crippen molar-refractivity contribution in [1.29, 1.82) is 0 Å². The third-order valence-electron chi connectivity index (χ3n) is 3.91. The lowest BCUT2D eigenvalue weighted by Gasteiger charge is -2.17. The summed E-state index contributed by atoms with van der Waals surface area (Å²) in [6.07, 6.45) is -0.412. The van der Waals surface area contributed by atoms with E-state index in [0.29, 0.717) is 17.2 Å². The van der Waals surface area contributed by atoms with E-state index in [1.54, 1.807) is 12.1 Å². The zero-order valence-electron chi connectivity index (χ0n) is 14.8. The van der Waals surface area contributed by atoms with Gasteiger partial charge in [0.15, 0.2) is 6.61 Å². The van der Waals surface area contributed by atoms with Gasteiger partial charge in [-0.05, 0) is 41.3 Å². The molecule has 0 aliphatic rings. The van der Waals surface area contributed by atoms with E-state index in [9.17, 15) is 9.18 Å². The number of amides is 1. The first-order chi connectivity index (χ1) is 12.0. The molecule has 0 bridgehead atoms. The van der Waals surface area contributed by atoms with Crippen molar-refractivity contribution in [2.24, 2.45) is 0 Å². The number of hydrogen-bond acceptors (Lipinski definition) is 3. The number of benzene rings is 2. The summed E-state index contributed by atoms with van der Waals surface area (Å²) in [5.74, 6) is 0.504. The van der Waals surface area contributed by atoms with Crippen LogP contribution >= 0.6 is 0 Å². The second-order valence-electron chi connectivity index (χ2n) is 6.10. The van der Waals surface area contributed by atoms with E-state index in [2.05, 4.69) is 19.2 Å². The molecule has 0 saturated carbocycles. The van der Waals surface area contributed by atoms with Gasteiger partial charge in [0, 0.05) is 13.7 Å². The van der Waals surface area contributed by atoms with Crippen LogP contribution in [-0.4, -0.2) is 26.2 Å². The second kappa shape index (κ2) is 9.18. The third kappa shape index (κ3) is 5.87. The van der Waals surface area contributed by atoms with Gasteiger partial charge < -0.3 is 14.8 Å². The van der Waals surface area contributed by atoms with Crippen LogP contribution in [-0.2, 0) is 9.53 Å². The monoisotopic (exact) mass is 345 g/mol. The van der Waals surface area contributed by atoms with Gasteiger partial charge in [-0.3, -0.25) is 4.79 Å². The molecule has 1 unspecified atom stereocenters. The average Bonchev–Trinajstić information content (AvgIpc) is 2.61. The van der Waals surface area contributed by atoms with Gasteiger partial charge in [-0.2, -0.15) is 0 Å². The summed E-state index contributed by atoms with van der Waals surface area (Å²) >= 11 is 0. The fourth-order valence-corrected chi connectivity index (χ4v) is 2.40. The number of rotatable bonds is 8. The van der Waals surface area contributed by atoms with Gasteiger partial charge in [0.2, 0.25) is 0 Å². The molecular weight excluding hydrogens is 321 g/mol. The molecule has 25 heavy (non-hydrogen) atoms. The van der Waals surface area contributed by atoms with Gasteiger partial charge in [0.05, 0.1) is 6.10 Å². The molecule has 0 aliphatic carbocycles. The van der Waals surface area contributed by atoms with Crippen molar-refractivity contribution in [3.63, 3.8) is 0 Å². The Labute approximate surface area is 148 Å². The quantitative estimate of drug-likeness (QED) is 0.791. The van der Waals surface area contributed by atoms with Gasteiger partial charge in [0.1, 0.15) is 11.6 Å². The number of carbonyl (C=O) groups is 1. The van der Waals surface area contributed by atoms with Gasteiger partial charge in [0.25, 0.3) is 5.91 Å². The summed E-state index contributed by atoms with van der Waals surface area (Å²) in [4.78, 5) is 11.9. The molecule has 5 heteroatoms. The molecule has 1 atom stereocenters. The summed E-state index contributed by atoms with van der Waals surface area (Å²) in [6, 6.07) is 13.8. The fourth-order valence-electron chi connectivity index (χ4n) is 2.40. The zero-order chi connectivity index (χ0) is 18.2. The Hall–Kier alpha value is -2.40. The van der Waals surface area contributed by atoms with Crippen LogP contribution in [0, 0.1) is 5.82 Å². The van der Waals surface area contributed by atoms with Crippen molar-refractivity contribution in [2.75, 3.05) is 20.3 Å². The molecule has 0 fully saturated rings. The summed E-state index contributed by atoms with van der Waals surface area (Å²) in [5, 5.41) is 2.74. The molecule has 134 valence electrons. The Morgan fingerprint density at radius 2 is 1.84 bits per heavy atom. The molecular formula is C20H24FNO3. The van der Waals surface area contributed by atoms with Crippen molar-refractivity contribution >= 4 is 5.91 Å². The highest BCUT2D eigenvalue weighted by molar-refractivity contribution is 5.77. The highest BCUT2D eigenvalue weighted by Gasteiger charge is 2.13. The van der Waals surface area contributed by atoms with Crippen molar-refractivity contribution in [1.82, 2.24) is 5.32 Å². The van der Waals surface area contributed by atoms with Crippen molar-refractivity contribution in [2.45, 2.75) is 25.9 Å². The van der Waals surface area contributed by atoms with Gasteiger partial charge in [-0.1, -0.05) is 38.1 Å². The lowest BCUT2D eigenvalue weighted by molar-refractivity contribution is -0.123. The zero-order valence-corrected chi connectivity index (χ0v) is 14.8. The van der Waals surface area contributed by atoms with Gasteiger partial charge in [-0.15, -0.1) is 0 Å². The first-order valence-electron chi connectivity index (χ1n) is 8.27. The first kappa shape index (κ1) is 18.9. The minimum atomic E-state index is -0.412. The minimum Gasteiger partial charge on any atom is -0.484 e. The molecule has 1 amide bonds. The first-order valence-corrected chi connectivity index (χ1v) is 8.27. The van der Waals surface area contributed by atoms with Crippen LogP contribution in [0.25, 0.3) is 0 Å². The molecule has 2 rings (SSSR count). The number of hydrogen-bond donors (Lipinski definition) is 1. The number of carbonyl (C=O) groups excluding carboxylic acids is 1. The minimum absolute atomic E-state index is 0.0827. The van der Waals surface area contributed by atoms with E-state index in [4.69, 9.17) is 9.47 Å². The Bertz CT molecular complexity index is 686. The summed E-state index contributed by atoms with van der Waals surface area (Å²) in [5.41, 5.74) is 1.89. The standard InChI is InChI=1S/C20H24FNO3/c1-14(2)15-7-9-18(10-8-15)25-13-20(23)22-12-19(24-3)16-5-4-6-17(21)11-16/h4-11,14,19H,12-13H2,1-3H3,(H,22,23). The summed E-state index contributed by atoms with van der Waals surface area (Å²) in [7, 11) is 1.52. The topological polar surface area (TPSA) is 47.6 Å². The smallest absolute Gasteiger partial charge is 0.258 e. The van der Waals surface area contributed by atoms with Crippen LogP contribution < -0.4 is 10.1 Å². The van der Waals surface area contributed by atoms with E-state index in [1.165, 1.54) is 24.8 Å². The van der Waals surface area contributed by atoms with Crippen molar-refractivity contribution in [3.05, 3.63) is 65.5 Å². The lowest BCUT2D eigenvalue weighted by Crippen LogP contribution is -2.33. The predicted octanol–water partition coefficient (Wildman–Crippen LogP) is 3.83. The van der Waals surface area contributed by atoms with Crippen LogP contribution in [0.4, 0.5) is 4.39 Å². The van der Waals surface area contributed by atoms with E-state index in [1.807, 2.05) is 24.3 Å². The number of nitrogens with one attached hydrogen (secondary N) is 1. The largest absolute Gasteiger partial charge is 0.484 e. The van der Waals surface area contributed by atoms with Crippen molar-refractivity contribution in [3.8, 4) is 5.75 Å². The molecule has 0 radical (unpaired) electrons. The maximum atomic E-state index is 13.3. The summed E-state index contributed by atoms with van der Waals surface area (Å²) in [6.45, 7) is 4.40. The lowest BCUT2D eigenvalue weighted by atomic mass is 10.0. The predicted molar refractivity (Wildman–Crippen MR) is 95.2 cm³/mol. The van der Waals surface area contributed by atoms with Crippen LogP contribution in [0.1, 0.15) is 37.0 Å². The maximum Gasteiger partial charge on any atom is 0.258 e. The van der Waals surface area contributed by atoms with Crippen molar-refractivity contribution < 1.29 is 18.7 Å². The number of halogens is 1. The second-order valence-corrected chi connectivity index (χ2v) is 6.10. The SMILES string of the molecule is COC(CNC(=O)COc1ccc(C(C)C)cc1)c1cccc(F)c1. The molecule has 0 spiro atoms. The molecule has 0 aliphatic heterocycles. The van der Waals surface area contributed by atoms with E-state index < -0.39 is 6.10 Å². The third-order valence-corrected chi connectivity index (χ3v) is 3.91.